The molecule has 2 fully saturated rings. The third kappa shape index (κ3) is 3.13. The molecule has 0 bridgehead atoms. The van der Waals surface area contributed by atoms with Crippen molar-refractivity contribution in [1.29, 1.82) is 0 Å². The number of benzene rings is 1. The van der Waals surface area contributed by atoms with Gasteiger partial charge in [0.25, 0.3) is 0 Å². The summed E-state index contributed by atoms with van der Waals surface area (Å²) in [5.74, 6) is 2.40. The zero-order chi connectivity index (χ0) is 13.2. The fraction of sp³-hybridized carbons (Fsp3) is 0.625. The largest absolute Gasteiger partial charge is 0.412 e. The van der Waals surface area contributed by atoms with Crippen LogP contribution in [0.2, 0.25) is 0 Å². The minimum Gasteiger partial charge on any atom is -0.412 e. The van der Waals surface area contributed by atoms with Gasteiger partial charge in [0.15, 0.2) is 0 Å². The number of nitrogens with zero attached hydrogens (tertiary/aromatic N) is 1. The molecule has 0 unspecified atom stereocenters. The highest BCUT2D eigenvalue weighted by Gasteiger charge is 2.28. The predicted octanol–water partition coefficient (Wildman–Crippen LogP) is 2.25. The minimum absolute atomic E-state index is 0. The van der Waals surface area contributed by atoms with Crippen molar-refractivity contribution in [2.75, 3.05) is 25.1 Å². The van der Waals surface area contributed by atoms with E-state index in [0.29, 0.717) is 12.0 Å². The van der Waals surface area contributed by atoms with Crippen LogP contribution in [0.3, 0.4) is 0 Å². The standard InChI is InChI=1S/C16H23NOS.H2O/c1-17-10-4-7-16(17)15-6-3-2-5-14(15)13-8-11-19(18)12-9-13;/h2-3,5-6,13,16H,4,7-12H2,1H3;1H2/t13?,16-,19?;/m1./s1. The first-order valence-electron chi connectivity index (χ1n) is 7.40. The molecular formula is C16H25NO2S. The van der Waals surface area contributed by atoms with E-state index in [1.165, 1.54) is 30.5 Å². The van der Waals surface area contributed by atoms with Crippen LogP contribution in [-0.4, -0.2) is 39.7 Å². The summed E-state index contributed by atoms with van der Waals surface area (Å²) in [5, 5.41) is 0. The number of hydrogen-bond donors (Lipinski definition) is 0. The van der Waals surface area contributed by atoms with Crippen LogP contribution in [0.4, 0.5) is 0 Å². The average molecular weight is 295 g/mol. The zero-order valence-corrected chi connectivity index (χ0v) is 13.0. The summed E-state index contributed by atoms with van der Waals surface area (Å²) in [6, 6.07) is 9.56. The normalized spacial score (nSPS) is 30.9. The second-order valence-corrected chi connectivity index (χ2v) is 7.59. The molecule has 3 rings (SSSR count). The van der Waals surface area contributed by atoms with Crippen molar-refractivity contribution in [2.24, 2.45) is 0 Å². The van der Waals surface area contributed by atoms with E-state index in [4.69, 9.17) is 0 Å². The Labute approximate surface area is 124 Å². The lowest BCUT2D eigenvalue weighted by molar-refractivity contribution is 0.314. The topological polar surface area (TPSA) is 51.8 Å². The maximum Gasteiger partial charge on any atom is 0.0348 e. The summed E-state index contributed by atoms with van der Waals surface area (Å²) >= 11 is 0. The Morgan fingerprint density at radius 3 is 2.35 bits per heavy atom. The molecule has 3 nitrogen and oxygen atoms in total. The molecule has 0 amide bonds. The maximum atomic E-state index is 11.5. The smallest absolute Gasteiger partial charge is 0.0348 e. The molecule has 2 aliphatic rings. The Balaban J connectivity index is 0.00000147. The molecule has 20 heavy (non-hydrogen) atoms. The maximum absolute atomic E-state index is 11.5. The van der Waals surface area contributed by atoms with Crippen LogP contribution in [0.5, 0.6) is 0 Å². The van der Waals surface area contributed by atoms with E-state index in [9.17, 15) is 4.21 Å². The molecule has 112 valence electrons. The molecule has 2 aliphatic heterocycles. The van der Waals surface area contributed by atoms with Crippen molar-refractivity contribution >= 4 is 10.8 Å². The van der Waals surface area contributed by atoms with E-state index in [1.54, 1.807) is 0 Å². The highest BCUT2D eigenvalue weighted by molar-refractivity contribution is 7.85. The van der Waals surface area contributed by atoms with Crippen LogP contribution in [-0.2, 0) is 10.8 Å². The Morgan fingerprint density at radius 2 is 1.75 bits per heavy atom. The fourth-order valence-electron chi connectivity index (χ4n) is 3.59. The molecule has 2 heterocycles. The second-order valence-electron chi connectivity index (χ2n) is 5.89. The van der Waals surface area contributed by atoms with Gasteiger partial charge in [-0.1, -0.05) is 24.3 Å². The third-order valence-electron chi connectivity index (χ3n) is 4.70. The first-order valence-corrected chi connectivity index (χ1v) is 8.88. The van der Waals surface area contributed by atoms with Crippen molar-refractivity contribution in [3.8, 4) is 0 Å². The van der Waals surface area contributed by atoms with Gasteiger partial charge in [-0.2, -0.15) is 0 Å². The second kappa shape index (κ2) is 6.83. The quantitative estimate of drug-likeness (QED) is 0.840. The summed E-state index contributed by atoms with van der Waals surface area (Å²) < 4.78 is 11.5. The number of likely N-dealkylation sites (tertiary alicyclic amines) is 1. The van der Waals surface area contributed by atoms with E-state index in [-0.39, 0.29) is 5.48 Å². The zero-order valence-electron chi connectivity index (χ0n) is 12.2. The lowest BCUT2D eigenvalue weighted by atomic mass is 9.86. The van der Waals surface area contributed by atoms with Crippen molar-refractivity contribution in [2.45, 2.75) is 37.6 Å². The average Bonchev–Trinajstić information content (AvgIpc) is 2.86. The fourth-order valence-corrected chi connectivity index (χ4v) is 4.89. The van der Waals surface area contributed by atoms with Gasteiger partial charge in [0, 0.05) is 28.3 Å². The lowest BCUT2D eigenvalue weighted by Crippen LogP contribution is -2.22. The molecule has 4 heteroatoms. The van der Waals surface area contributed by atoms with Gasteiger partial charge in [0.1, 0.15) is 0 Å². The SMILES string of the molecule is CN1CCC[C@@H]1c1ccccc1C1CCS(=O)CC1.O. The van der Waals surface area contributed by atoms with E-state index >= 15 is 0 Å². The first kappa shape index (κ1) is 15.7. The van der Waals surface area contributed by atoms with E-state index in [0.717, 1.165) is 24.3 Å². The van der Waals surface area contributed by atoms with E-state index in [2.05, 4.69) is 36.2 Å². The Bertz CT molecular complexity index is 467. The molecule has 0 aromatic heterocycles. The summed E-state index contributed by atoms with van der Waals surface area (Å²) in [6.45, 7) is 1.22. The molecule has 1 aromatic carbocycles. The van der Waals surface area contributed by atoms with Gasteiger partial charge in [0.05, 0.1) is 0 Å². The lowest BCUT2D eigenvalue weighted by Gasteiger charge is -2.28. The number of rotatable bonds is 2. The Kier molecular flexibility index (Phi) is 5.35. The molecule has 1 atom stereocenters. The molecule has 0 spiro atoms. The van der Waals surface area contributed by atoms with Gasteiger partial charge in [-0.15, -0.1) is 0 Å². The van der Waals surface area contributed by atoms with Crippen LogP contribution in [0.15, 0.2) is 24.3 Å². The van der Waals surface area contributed by atoms with Crippen molar-refractivity contribution in [3.05, 3.63) is 35.4 Å². The molecule has 1 aromatic rings. The van der Waals surface area contributed by atoms with Crippen LogP contribution >= 0.6 is 0 Å². The van der Waals surface area contributed by atoms with Gasteiger partial charge in [-0.3, -0.25) is 9.11 Å². The molecule has 0 saturated carbocycles. The van der Waals surface area contributed by atoms with Crippen molar-refractivity contribution in [3.63, 3.8) is 0 Å². The monoisotopic (exact) mass is 295 g/mol. The van der Waals surface area contributed by atoms with Crippen molar-refractivity contribution in [1.82, 2.24) is 4.90 Å². The van der Waals surface area contributed by atoms with Gasteiger partial charge < -0.3 is 5.48 Å². The third-order valence-corrected chi connectivity index (χ3v) is 6.09. The number of hydrogen-bond acceptors (Lipinski definition) is 2. The van der Waals surface area contributed by atoms with Crippen LogP contribution < -0.4 is 0 Å². The van der Waals surface area contributed by atoms with Crippen molar-refractivity contribution < 1.29 is 9.69 Å². The molecule has 2 N–H and O–H groups in total. The predicted molar refractivity (Wildman–Crippen MR) is 84.5 cm³/mol. The summed E-state index contributed by atoms with van der Waals surface area (Å²) in [7, 11) is 1.68. The van der Waals surface area contributed by atoms with Crippen LogP contribution in [0, 0.1) is 0 Å². The molecular weight excluding hydrogens is 270 g/mol. The first-order chi connectivity index (χ1) is 9.25. The van der Waals surface area contributed by atoms with Crippen LogP contribution in [0.25, 0.3) is 0 Å². The Morgan fingerprint density at radius 1 is 1.10 bits per heavy atom. The van der Waals surface area contributed by atoms with Gasteiger partial charge >= 0.3 is 0 Å². The minimum atomic E-state index is -0.561. The molecule has 0 radical (unpaired) electrons. The highest BCUT2D eigenvalue weighted by Crippen LogP contribution is 2.38. The van der Waals surface area contributed by atoms with Gasteiger partial charge in [-0.25, -0.2) is 0 Å². The summed E-state index contributed by atoms with van der Waals surface area (Å²) in [5.41, 5.74) is 3.05. The molecule has 2 saturated heterocycles. The summed E-state index contributed by atoms with van der Waals surface area (Å²) in [4.78, 5) is 2.49. The van der Waals surface area contributed by atoms with E-state index < -0.39 is 10.8 Å². The Hall–Kier alpha value is -0.710. The van der Waals surface area contributed by atoms with Gasteiger partial charge in [-0.05, 0) is 56.3 Å². The van der Waals surface area contributed by atoms with E-state index in [1.807, 2.05) is 0 Å². The summed E-state index contributed by atoms with van der Waals surface area (Å²) in [6.07, 6.45) is 4.79. The van der Waals surface area contributed by atoms with Gasteiger partial charge in [0.2, 0.25) is 0 Å². The molecule has 0 aliphatic carbocycles. The van der Waals surface area contributed by atoms with Crippen LogP contribution in [0.1, 0.15) is 48.8 Å². The highest BCUT2D eigenvalue weighted by atomic mass is 32.2.